The second-order valence-corrected chi connectivity index (χ2v) is 4.30. The Kier molecular flexibility index (Phi) is 3.11. The van der Waals surface area contributed by atoms with Gasteiger partial charge in [0.15, 0.2) is 0 Å². The molecule has 0 aliphatic heterocycles. The number of halogens is 2. The average Bonchev–Trinajstić information content (AvgIpc) is 1.99. The van der Waals surface area contributed by atoms with Crippen molar-refractivity contribution in [1.29, 1.82) is 5.41 Å². The third-order valence-electron chi connectivity index (χ3n) is 1.21. The van der Waals surface area contributed by atoms with E-state index in [9.17, 15) is 5.11 Å². The fourth-order valence-corrected chi connectivity index (χ4v) is 2.48. The van der Waals surface area contributed by atoms with E-state index in [1.165, 1.54) is 6.21 Å². The van der Waals surface area contributed by atoms with Crippen molar-refractivity contribution in [3.8, 4) is 5.75 Å². The van der Waals surface area contributed by atoms with Crippen molar-refractivity contribution >= 4 is 51.4 Å². The lowest BCUT2D eigenvalue weighted by Crippen LogP contribution is -1.85. The number of rotatable bonds is 1. The fraction of sp³-hybridized carbons (Fsp3) is 0. The molecule has 1 rings (SSSR count). The van der Waals surface area contributed by atoms with Gasteiger partial charge in [-0.05, 0) is 62.9 Å². The van der Waals surface area contributed by atoms with Crippen LogP contribution < -0.4 is 0 Å². The first-order chi connectivity index (χ1) is 5.15. The number of phenols is 1. The van der Waals surface area contributed by atoms with Crippen molar-refractivity contribution in [3.63, 3.8) is 0 Å². The van der Waals surface area contributed by atoms with Crippen LogP contribution in [0.2, 0.25) is 0 Å². The zero-order valence-corrected chi connectivity index (χ0v) is 9.75. The molecule has 0 amide bonds. The van der Waals surface area contributed by atoms with Gasteiger partial charge in [0.2, 0.25) is 0 Å². The highest BCUT2D eigenvalue weighted by atomic mass is 127. The Morgan fingerprint density at radius 1 is 1.27 bits per heavy atom. The predicted octanol–water partition coefficient (Wildman–Crippen LogP) is 2.60. The van der Waals surface area contributed by atoms with Crippen LogP contribution in [0.3, 0.4) is 0 Å². The summed E-state index contributed by atoms with van der Waals surface area (Å²) in [5, 5.41) is 16.3. The predicted molar refractivity (Wildman–Crippen MR) is 61.4 cm³/mol. The standard InChI is InChI=1S/C7H5I2NO/c8-5-1-4(3-10)2-6(9)7(5)11/h1-3,10-11H. The lowest BCUT2D eigenvalue weighted by Gasteiger charge is -2.00. The Bertz CT molecular complexity index is 275. The van der Waals surface area contributed by atoms with E-state index in [1.54, 1.807) is 12.1 Å². The molecule has 0 spiro atoms. The Hall–Kier alpha value is 0.150. The molecule has 0 saturated carbocycles. The molecular weight excluding hydrogens is 368 g/mol. The normalized spacial score (nSPS) is 9.64. The minimum atomic E-state index is 0.303. The summed E-state index contributed by atoms with van der Waals surface area (Å²) in [6, 6.07) is 3.54. The molecule has 0 bridgehead atoms. The van der Waals surface area contributed by atoms with Crippen LogP contribution in [0, 0.1) is 12.5 Å². The molecule has 0 aliphatic carbocycles. The topological polar surface area (TPSA) is 44.1 Å². The molecule has 4 heteroatoms. The second-order valence-electron chi connectivity index (χ2n) is 1.98. The van der Waals surface area contributed by atoms with Crippen LogP contribution in [0.15, 0.2) is 12.1 Å². The number of benzene rings is 1. The quantitative estimate of drug-likeness (QED) is 0.577. The summed E-state index contributed by atoms with van der Waals surface area (Å²) in [5.74, 6) is 0.303. The van der Waals surface area contributed by atoms with Crippen LogP contribution in [0.1, 0.15) is 5.56 Å². The molecule has 0 radical (unpaired) electrons. The Morgan fingerprint density at radius 2 is 1.73 bits per heavy atom. The van der Waals surface area contributed by atoms with Gasteiger partial charge in [-0.25, -0.2) is 0 Å². The van der Waals surface area contributed by atoms with E-state index >= 15 is 0 Å². The third kappa shape index (κ3) is 2.05. The molecule has 1 aromatic rings. The fourth-order valence-electron chi connectivity index (χ4n) is 0.668. The molecule has 58 valence electrons. The molecule has 2 nitrogen and oxygen atoms in total. The maximum atomic E-state index is 9.34. The Morgan fingerprint density at radius 3 is 2.09 bits per heavy atom. The average molecular weight is 373 g/mol. The van der Waals surface area contributed by atoms with Gasteiger partial charge < -0.3 is 10.5 Å². The van der Waals surface area contributed by atoms with E-state index in [2.05, 4.69) is 0 Å². The third-order valence-corrected chi connectivity index (χ3v) is 2.85. The summed E-state index contributed by atoms with van der Waals surface area (Å²) in [4.78, 5) is 0. The van der Waals surface area contributed by atoms with E-state index in [1.807, 2.05) is 45.2 Å². The van der Waals surface area contributed by atoms with Crippen molar-refractivity contribution < 1.29 is 5.11 Å². The molecule has 0 fully saturated rings. The first kappa shape index (κ1) is 9.24. The van der Waals surface area contributed by atoms with Crippen molar-refractivity contribution in [1.82, 2.24) is 0 Å². The van der Waals surface area contributed by atoms with Gasteiger partial charge in [0.1, 0.15) is 5.75 Å². The van der Waals surface area contributed by atoms with E-state index in [0.717, 1.165) is 12.7 Å². The molecule has 0 saturated heterocycles. The summed E-state index contributed by atoms with van der Waals surface area (Å²) >= 11 is 4.08. The highest BCUT2D eigenvalue weighted by Gasteiger charge is 2.03. The monoisotopic (exact) mass is 373 g/mol. The molecule has 2 N–H and O–H groups in total. The second kappa shape index (κ2) is 3.70. The number of hydrogen-bond donors (Lipinski definition) is 2. The minimum absolute atomic E-state index is 0.303. The smallest absolute Gasteiger partial charge is 0.142 e. The molecule has 0 atom stereocenters. The largest absolute Gasteiger partial charge is 0.506 e. The van der Waals surface area contributed by atoms with Gasteiger partial charge in [-0.3, -0.25) is 0 Å². The summed E-state index contributed by atoms with van der Waals surface area (Å²) < 4.78 is 1.57. The van der Waals surface area contributed by atoms with Crippen molar-refractivity contribution in [2.75, 3.05) is 0 Å². The summed E-state index contributed by atoms with van der Waals surface area (Å²) in [6.45, 7) is 0. The van der Waals surface area contributed by atoms with Crippen LogP contribution >= 0.6 is 45.2 Å². The maximum absolute atomic E-state index is 9.34. The van der Waals surface area contributed by atoms with Crippen molar-refractivity contribution in [2.45, 2.75) is 0 Å². The summed E-state index contributed by atoms with van der Waals surface area (Å²) in [5.41, 5.74) is 0.816. The van der Waals surface area contributed by atoms with E-state index < -0.39 is 0 Å². The van der Waals surface area contributed by atoms with E-state index in [0.29, 0.717) is 5.75 Å². The van der Waals surface area contributed by atoms with Gasteiger partial charge in [-0.1, -0.05) is 0 Å². The van der Waals surface area contributed by atoms with Crippen LogP contribution in [0.4, 0.5) is 0 Å². The van der Waals surface area contributed by atoms with Gasteiger partial charge in [-0.15, -0.1) is 0 Å². The minimum Gasteiger partial charge on any atom is -0.506 e. The molecular formula is C7H5I2NO. The first-order valence-electron chi connectivity index (χ1n) is 2.83. The van der Waals surface area contributed by atoms with E-state index in [-0.39, 0.29) is 0 Å². The first-order valence-corrected chi connectivity index (χ1v) is 4.99. The summed E-state index contributed by atoms with van der Waals surface area (Å²) in [7, 11) is 0. The molecule has 0 heterocycles. The number of phenolic OH excluding ortho intramolecular Hbond substituents is 1. The molecule has 0 aliphatic rings. The summed E-state index contributed by atoms with van der Waals surface area (Å²) in [6.07, 6.45) is 1.27. The Balaban J connectivity index is 3.31. The van der Waals surface area contributed by atoms with E-state index in [4.69, 9.17) is 5.41 Å². The van der Waals surface area contributed by atoms with Crippen LogP contribution in [-0.2, 0) is 0 Å². The molecule has 0 aromatic heterocycles. The molecule has 11 heavy (non-hydrogen) atoms. The van der Waals surface area contributed by atoms with Gasteiger partial charge in [0.05, 0.1) is 7.14 Å². The molecule has 0 unspecified atom stereocenters. The van der Waals surface area contributed by atoms with Crippen molar-refractivity contribution in [2.24, 2.45) is 0 Å². The number of aromatic hydroxyl groups is 1. The molecule has 1 aromatic carbocycles. The van der Waals surface area contributed by atoms with Gasteiger partial charge in [-0.2, -0.15) is 0 Å². The zero-order chi connectivity index (χ0) is 8.43. The van der Waals surface area contributed by atoms with Crippen LogP contribution in [-0.4, -0.2) is 11.3 Å². The van der Waals surface area contributed by atoms with Crippen molar-refractivity contribution in [3.05, 3.63) is 24.8 Å². The Labute approximate surface area is 91.8 Å². The van der Waals surface area contributed by atoms with Gasteiger partial charge >= 0.3 is 0 Å². The van der Waals surface area contributed by atoms with Crippen LogP contribution in [0.5, 0.6) is 5.75 Å². The lowest BCUT2D eigenvalue weighted by molar-refractivity contribution is 0.467. The maximum Gasteiger partial charge on any atom is 0.142 e. The zero-order valence-electron chi connectivity index (χ0n) is 5.44. The van der Waals surface area contributed by atoms with Gasteiger partial charge in [0, 0.05) is 6.21 Å². The van der Waals surface area contributed by atoms with Crippen LogP contribution in [0.25, 0.3) is 0 Å². The lowest BCUT2D eigenvalue weighted by atomic mass is 10.2. The number of nitrogens with one attached hydrogen (secondary N) is 1. The number of hydrogen-bond acceptors (Lipinski definition) is 2. The highest BCUT2D eigenvalue weighted by Crippen LogP contribution is 2.26. The highest BCUT2D eigenvalue weighted by molar-refractivity contribution is 14.1. The SMILES string of the molecule is N=Cc1cc(I)c(O)c(I)c1. The van der Waals surface area contributed by atoms with Gasteiger partial charge in [0.25, 0.3) is 0 Å².